The lowest BCUT2D eigenvalue weighted by Crippen LogP contribution is -2.37. The van der Waals surface area contributed by atoms with Crippen LogP contribution in [-0.2, 0) is 17.6 Å². The van der Waals surface area contributed by atoms with E-state index in [1.165, 1.54) is 0 Å². The molecule has 0 saturated heterocycles. The lowest BCUT2D eigenvalue weighted by Gasteiger charge is -2.30. The number of carbonyl (C=O) groups is 1. The van der Waals surface area contributed by atoms with Crippen LogP contribution in [0.5, 0.6) is 0 Å². The average molecular weight is 302 g/mol. The normalized spacial score (nSPS) is 13.8. The first-order chi connectivity index (χ1) is 11.3. The fourth-order valence-corrected chi connectivity index (χ4v) is 3.31. The van der Waals surface area contributed by atoms with Crippen LogP contribution >= 0.6 is 0 Å². The van der Waals surface area contributed by atoms with Crippen molar-refractivity contribution >= 4 is 22.4 Å². The molecule has 0 N–H and O–H groups in total. The highest BCUT2D eigenvalue weighted by Crippen LogP contribution is 2.33. The van der Waals surface area contributed by atoms with Crippen LogP contribution in [0.2, 0.25) is 0 Å². The molecule has 2 heterocycles. The number of anilines is 1. The van der Waals surface area contributed by atoms with E-state index < -0.39 is 0 Å². The summed E-state index contributed by atoms with van der Waals surface area (Å²) < 4.78 is 0. The molecule has 114 valence electrons. The maximum absolute atomic E-state index is 12.9. The molecular formula is C20H18N2O. The molecular weight excluding hydrogens is 284 g/mol. The van der Waals surface area contributed by atoms with Crippen LogP contribution in [0.3, 0.4) is 0 Å². The van der Waals surface area contributed by atoms with Crippen LogP contribution in [-0.4, -0.2) is 17.4 Å². The Labute approximate surface area is 135 Å². The van der Waals surface area contributed by atoms with E-state index >= 15 is 0 Å². The van der Waals surface area contributed by atoms with E-state index in [0.717, 1.165) is 47.1 Å². The highest BCUT2D eigenvalue weighted by Gasteiger charge is 2.25. The number of aromatic nitrogens is 1. The minimum absolute atomic E-state index is 0.148. The van der Waals surface area contributed by atoms with Gasteiger partial charge in [-0.3, -0.25) is 9.78 Å². The van der Waals surface area contributed by atoms with Crippen LogP contribution in [0.4, 0.5) is 5.69 Å². The summed E-state index contributed by atoms with van der Waals surface area (Å²) in [5.41, 5.74) is 3.10. The topological polar surface area (TPSA) is 33.2 Å². The minimum Gasteiger partial charge on any atom is -0.310 e. The van der Waals surface area contributed by atoms with Gasteiger partial charge in [0.25, 0.3) is 0 Å². The molecule has 3 heteroatoms. The number of carbonyl (C=O) groups excluding carboxylic acids is 1. The summed E-state index contributed by atoms with van der Waals surface area (Å²) in [6.07, 6.45) is 4.26. The molecule has 2 aromatic carbocycles. The number of nitrogens with zero attached hydrogens (tertiary/aromatic N) is 2. The van der Waals surface area contributed by atoms with Crippen LogP contribution in [0.15, 0.2) is 60.8 Å². The van der Waals surface area contributed by atoms with E-state index in [4.69, 9.17) is 0 Å². The summed E-state index contributed by atoms with van der Waals surface area (Å²) >= 11 is 0. The molecule has 0 radical (unpaired) electrons. The van der Waals surface area contributed by atoms with Gasteiger partial charge >= 0.3 is 0 Å². The third-order valence-corrected chi connectivity index (χ3v) is 4.41. The van der Waals surface area contributed by atoms with Crippen molar-refractivity contribution in [2.24, 2.45) is 0 Å². The molecule has 0 spiro atoms. The molecule has 23 heavy (non-hydrogen) atoms. The second kappa shape index (κ2) is 5.84. The molecule has 4 rings (SSSR count). The minimum atomic E-state index is 0.148. The van der Waals surface area contributed by atoms with Crippen molar-refractivity contribution in [3.63, 3.8) is 0 Å². The van der Waals surface area contributed by atoms with Crippen molar-refractivity contribution in [1.29, 1.82) is 0 Å². The number of benzene rings is 2. The smallest absolute Gasteiger partial charge is 0.231 e. The van der Waals surface area contributed by atoms with E-state index in [1.54, 1.807) is 0 Å². The zero-order valence-electron chi connectivity index (χ0n) is 12.9. The summed E-state index contributed by atoms with van der Waals surface area (Å²) in [5, 5.41) is 2.21. The quantitative estimate of drug-likeness (QED) is 0.722. The monoisotopic (exact) mass is 302 g/mol. The first-order valence-corrected chi connectivity index (χ1v) is 8.04. The maximum atomic E-state index is 12.9. The predicted octanol–water partition coefficient (Wildman–Crippen LogP) is 3.76. The molecule has 1 aromatic heterocycles. The van der Waals surface area contributed by atoms with Gasteiger partial charge in [-0.25, -0.2) is 0 Å². The summed E-state index contributed by atoms with van der Waals surface area (Å²) in [5.74, 6) is 0.148. The van der Waals surface area contributed by atoms with E-state index in [1.807, 2.05) is 53.6 Å². The van der Waals surface area contributed by atoms with Crippen LogP contribution < -0.4 is 4.90 Å². The number of rotatable bonds is 2. The SMILES string of the molecule is O=C(Cc1ccccc1)N1CCCc2ncc3ccccc3c21. The van der Waals surface area contributed by atoms with Crippen LogP contribution in [0, 0.1) is 0 Å². The van der Waals surface area contributed by atoms with Gasteiger partial charge in [0, 0.05) is 23.5 Å². The number of hydrogen-bond acceptors (Lipinski definition) is 2. The summed E-state index contributed by atoms with van der Waals surface area (Å²) in [7, 11) is 0. The van der Waals surface area contributed by atoms with E-state index in [2.05, 4.69) is 17.1 Å². The average Bonchev–Trinajstić information content (AvgIpc) is 2.62. The molecule has 0 bridgehead atoms. The Morgan fingerprint density at radius 2 is 1.83 bits per heavy atom. The second-order valence-electron chi connectivity index (χ2n) is 5.95. The van der Waals surface area contributed by atoms with E-state index in [0.29, 0.717) is 6.42 Å². The number of hydrogen-bond donors (Lipinski definition) is 0. The van der Waals surface area contributed by atoms with Gasteiger partial charge in [-0.05, 0) is 18.4 Å². The summed E-state index contributed by atoms with van der Waals surface area (Å²) in [4.78, 5) is 19.4. The van der Waals surface area contributed by atoms with Crippen molar-refractivity contribution in [3.05, 3.63) is 72.1 Å². The lowest BCUT2D eigenvalue weighted by molar-refractivity contribution is -0.118. The van der Waals surface area contributed by atoms with Crippen molar-refractivity contribution in [2.45, 2.75) is 19.3 Å². The third kappa shape index (κ3) is 2.59. The highest BCUT2D eigenvalue weighted by atomic mass is 16.2. The zero-order chi connectivity index (χ0) is 15.6. The molecule has 3 nitrogen and oxygen atoms in total. The Balaban J connectivity index is 1.75. The van der Waals surface area contributed by atoms with Gasteiger partial charge in [0.2, 0.25) is 5.91 Å². The van der Waals surface area contributed by atoms with E-state index in [-0.39, 0.29) is 5.91 Å². The molecule has 0 saturated carbocycles. The van der Waals surface area contributed by atoms with Crippen molar-refractivity contribution in [1.82, 2.24) is 4.98 Å². The van der Waals surface area contributed by atoms with Crippen molar-refractivity contribution in [3.8, 4) is 0 Å². The Morgan fingerprint density at radius 3 is 2.70 bits per heavy atom. The Hall–Kier alpha value is -2.68. The molecule has 0 fully saturated rings. The summed E-state index contributed by atoms with van der Waals surface area (Å²) in [6, 6.07) is 18.1. The maximum Gasteiger partial charge on any atom is 0.231 e. The van der Waals surface area contributed by atoms with Gasteiger partial charge < -0.3 is 4.90 Å². The largest absolute Gasteiger partial charge is 0.310 e. The standard InChI is InChI=1S/C20H18N2O/c23-19(13-15-7-2-1-3-8-15)22-12-6-11-18-20(22)17-10-5-4-9-16(17)14-21-18/h1-5,7-10,14H,6,11-13H2. The highest BCUT2D eigenvalue weighted by molar-refractivity contribution is 6.05. The lowest BCUT2D eigenvalue weighted by atomic mass is 10.0. The Kier molecular flexibility index (Phi) is 3.54. The van der Waals surface area contributed by atoms with Gasteiger partial charge in [-0.15, -0.1) is 0 Å². The van der Waals surface area contributed by atoms with Gasteiger partial charge in [0.15, 0.2) is 0 Å². The second-order valence-corrected chi connectivity index (χ2v) is 5.95. The molecule has 1 amide bonds. The zero-order valence-corrected chi connectivity index (χ0v) is 12.9. The third-order valence-electron chi connectivity index (χ3n) is 4.41. The number of pyridine rings is 1. The predicted molar refractivity (Wildman–Crippen MR) is 92.6 cm³/mol. The van der Waals surface area contributed by atoms with Gasteiger partial charge in [-0.1, -0.05) is 54.6 Å². The number of amides is 1. The molecule has 1 aliphatic rings. The van der Waals surface area contributed by atoms with Gasteiger partial charge in [-0.2, -0.15) is 0 Å². The van der Waals surface area contributed by atoms with Gasteiger partial charge in [0.05, 0.1) is 17.8 Å². The first-order valence-electron chi connectivity index (χ1n) is 8.04. The molecule has 0 unspecified atom stereocenters. The van der Waals surface area contributed by atoms with Crippen LogP contribution in [0.25, 0.3) is 10.8 Å². The Morgan fingerprint density at radius 1 is 1.04 bits per heavy atom. The van der Waals surface area contributed by atoms with E-state index in [9.17, 15) is 4.79 Å². The molecule has 0 atom stereocenters. The molecule has 3 aromatic rings. The molecule has 0 aliphatic carbocycles. The van der Waals surface area contributed by atoms with Crippen molar-refractivity contribution < 1.29 is 4.79 Å². The van der Waals surface area contributed by atoms with Crippen molar-refractivity contribution in [2.75, 3.05) is 11.4 Å². The fraction of sp³-hybridized carbons (Fsp3) is 0.200. The summed E-state index contributed by atoms with van der Waals surface area (Å²) in [6.45, 7) is 0.772. The number of aryl methyl sites for hydroxylation is 1. The first kappa shape index (κ1) is 13.9. The molecule has 1 aliphatic heterocycles. The van der Waals surface area contributed by atoms with Crippen LogP contribution in [0.1, 0.15) is 17.7 Å². The van der Waals surface area contributed by atoms with Gasteiger partial charge in [0.1, 0.15) is 0 Å². The Bertz CT molecular complexity index is 858. The fourth-order valence-electron chi connectivity index (χ4n) is 3.31. The number of fused-ring (bicyclic) bond motifs is 3.